The lowest BCUT2D eigenvalue weighted by Crippen LogP contribution is -2.51. The monoisotopic (exact) mass is 654 g/mol. The number of ether oxygens (including phenoxy) is 2. The Morgan fingerprint density at radius 3 is 2.57 bits per heavy atom. The summed E-state index contributed by atoms with van der Waals surface area (Å²) in [5.41, 5.74) is 3.12. The van der Waals surface area contributed by atoms with Crippen molar-refractivity contribution in [1.82, 2.24) is 19.9 Å². The molecule has 2 atom stereocenters. The van der Waals surface area contributed by atoms with Crippen LogP contribution in [-0.4, -0.2) is 71.8 Å². The summed E-state index contributed by atoms with van der Waals surface area (Å²) in [6.45, 7) is 2.49. The molecule has 0 unspecified atom stereocenters. The third-order valence-electron chi connectivity index (χ3n) is 7.92. The molecule has 12 nitrogen and oxygen atoms in total. The molecule has 0 saturated carbocycles. The lowest BCUT2D eigenvalue weighted by atomic mass is 10.0. The molecule has 13 heteroatoms. The molecule has 242 valence electrons. The first kappa shape index (κ1) is 31.7. The number of fused-ring (bicyclic) bond motifs is 1. The number of aryl methyl sites for hydroxylation is 1. The average Bonchev–Trinajstić information content (AvgIpc) is 3.06. The summed E-state index contributed by atoms with van der Waals surface area (Å²) in [5, 5.41) is 14.2. The molecule has 0 radical (unpaired) electrons. The number of rotatable bonds is 10. The molecule has 3 heterocycles. The van der Waals surface area contributed by atoms with E-state index in [9.17, 15) is 18.3 Å². The normalized spacial score (nSPS) is 16.5. The van der Waals surface area contributed by atoms with Crippen LogP contribution in [0.4, 0.5) is 16.4 Å². The van der Waals surface area contributed by atoms with Gasteiger partial charge in [0.15, 0.2) is 0 Å². The number of likely N-dealkylation sites (tertiary alicyclic amines) is 1. The van der Waals surface area contributed by atoms with E-state index in [-0.39, 0.29) is 24.4 Å². The van der Waals surface area contributed by atoms with Crippen LogP contribution in [0.3, 0.4) is 0 Å². The Balaban J connectivity index is 1.27. The highest BCUT2D eigenvalue weighted by Crippen LogP contribution is 2.39. The van der Waals surface area contributed by atoms with Gasteiger partial charge in [-0.15, -0.1) is 0 Å². The van der Waals surface area contributed by atoms with Crippen molar-refractivity contribution < 1.29 is 27.8 Å². The molecule has 0 spiro atoms. The third kappa shape index (κ3) is 7.42. The van der Waals surface area contributed by atoms with Crippen LogP contribution in [0.25, 0.3) is 22.0 Å². The predicted molar refractivity (Wildman–Crippen MR) is 179 cm³/mol. The average molecular weight is 655 g/mol. The number of pyridine rings is 1. The Labute approximate surface area is 272 Å². The lowest BCUT2D eigenvalue weighted by Gasteiger charge is -2.35. The summed E-state index contributed by atoms with van der Waals surface area (Å²) in [6, 6.07) is 23.2. The van der Waals surface area contributed by atoms with E-state index < -0.39 is 16.1 Å². The fourth-order valence-corrected chi connectivity index (χ4v) is 6.89. The number of sulfonamides is 1. The minimum Gasteiger partial charge on any atom is -0.465 e. The number of piperidine rings is 1. The highest BCUT2D eigenvalue weighted by molar-refractivity contribution is 7.91. The van der Waals surface area contributed by atoms with Crippen molar-refractivity contribution in [2.75, 3.05) is 30.2 Å². The number of hydrogen-bond acceptors (Lipinski definition) is 9. The van der Waals surface area contributed by atoms with Gasteiger partial charge in [0.2, 0.25) is 21.9 Å². The molecule has 5 aromatic rings. The fraction of sp³-hybridized carbons (Fsp3) is 0.235. The van der Waals surface area contributed by atoms with Crippen molar-refractivity contribution in [2.45, 2.75) is 31.2 Å². The molecule has 0 aliphatic carbocycles. The van der Waals surface area contributed by atoms with E-state index >= 15 is 0 Å². The molecule has 3 aromatic carbocycles. The maximum atomic E-state index is 13.1. The van der Waals surface area contributed by atoms with E-state index in [0.29, 0.717) is 63.8 Å². The summed E-state index contributed by atoms with van der Waals surface area (Å²) in [4.78, 5) is 26.6. The smallest absolute Gasteiger partial charge is 0.407 e. The summed E-state index contributed by atoms with van der Waals surface area (Å²) in [5.74, 6) is 1.01. The van der Waals surface area contributed by atoms with Crippen LogP contribution in [-0.2, 0) is 20.5 Å². The number of nitrogens with one attached hydrogen (secondary N) is 2. The highest BCUT2D eigenvalue weighted by Gasteiger charge is 2.30. The zero-order valence-electron chi connectivity index (χ0n) is 25.8. The number of amides is 1. The zero-order chi connectivity index (χ0) is 33.0. The second kappa shape index (κ2) is 13.6. The standard InChI is InChI=1S/C34H34N6O6S/c1-22-13-14-26-27(10-6-12-30(26)39-47(43,44)21-23-8-4-3-5-9-23)31(22)46-32-28(11-7-16-35-32)29-15-17-36-33(38-29)37-24-18-25(45-2)20-40(19-24)34(41)42/h3-17,24-25,39H,18-21H2,1-2H3,(H,41,42)(H,36,37,38)/t24-,25+/m1/s1. The van der Waals surface area contributed by atoms with Crippen molar-refractivity contribution in [3.63, 3.8) is 0 Å². The SMILES string of the molecule is CO[C@H]1C[C@@H](Nc2nccc(-c3cccnc3Oc3c(C)ccc4c(NS(=O)(=O)Cc5ccccc5)cccc34)n2)CN(C(=O)O)C1. The minimum absolute atomic E-state index is 0.155. The summed E-state index contributed by atoms with van der Waals surface area (Å²) in [6.07, 6.45) is 2.58. The van der Waals surface area contributed by atoms with Gasteiger partial charge in [0.05, 0.1) is 35.3 Å². The number of carbonyl (C=O) groups is 1. The van der Waals surface area contributed by atoms with Gasteiger partial charge in [-0.3, -0.25) is 4.72 Å². The predicted octanol–water partition coefficient (Wildman–Crippen LogP) is 5.91. The van der Waals surface area contributed by atoms with E-state index in [0.717, 1.165) is 5.56 Å². The molecule has 47 heavy (non-hydrogen) atoms. The van der Waals surface area contributed by atoms with E-state index in [1.165, 1.54) is 4.90 Å². The highest BCUT2D eigenvalue weighted by atomic mass is 32.2. The maximum Gasteiger partial charge on any atom is 0.407 e. The van der Waals surface area contributed by atoms with Crippen LogP contribution < -0.4 is 14.8 Å². The van der Waals surface area contributed by atoms with Gasteiger partial charge in [0.1, 0.15) is 5.75 Å². The Morgan fingerprint density at radius 1 is 0.957 bits per heavy atom. The van der Waals surface area contributed by atoms with E-state index in [2.05, 4.69) is 20.0 Å². The van der Waals surface area contributed by atoms with Crippen molar-refractivity contribution >= 4 is 38.5 Å². The Hall–Kier alpha value is -5.27. The van der Waals surface area contributed by atoms with Crippen LogP contribution in [0.1, 0.15) is 17.5 Å². The van der Waals surface area contributed by atoms with E-state index in [4.69, 9.17) is 14.5 Å². The number of aromatic nitrogens is 3. The first-order valence-corrected chi connectivity index (χ1v) is 16.6. The van der Waals surface area contributed by atoms with Gasteiger partial charge in [-0.25, -0.2) is 28.2 Å². The Bertz CT molecular complexity index is 2010. The Kier molecular flexibility index (Phi) is 9.18. The first-order chi connectivity index (χ1) is 22.7. The van der Waals surface area contributed by atoms with Crippen LogP contribution in [0.2, 0.25) is 0 Å². The molecule has 3 N–H and O–H groups in total. The third-order valence-corrected chi connectivity index (χ3v) is 9.17. The topological polar surface area (TPSA) is 156 Å². The van der Waals surface area contributed by atoms with Crippen molar-refractivity contribution in [2.24, 2.45) is 0 Å². The fourth-order valence-electron chi connectivity index (χ4n) is 5.67. The maximum absolute atomic E-state index is 13.1. The molecular weight excluding hydrogens is 620 g/mol. The number of anilines is 2. The van der Waals surface area contributed by atoms with Gasteiger partial charge in [-0.1, -0.05) is 54.6 Å². The van der Waals surface area contributed by atoms with Crippen LogP contribution in [0.5, 0.6) is 11.6 Å². The summed E-state index contributed by atoms with van der Waals surface area (Å²) >= 11 is 0. The summed E-state index contributed by atoms with van der Waals surface area (Å²) < 4.78 is 40.9. The van der Waals surface area contributed by atoms with Crippen LogP contribution >= 0.6 is 0 Å². The number of benzene rings is 3. The van der Waals surface area contributed by atoms with Gasteiger partial charge < -0.3 is 24.8 Å². The van der Waals surface area contributed by atoms with Gasteiger partial charge in [0.25, 0.3) is 0 Å². The van der Waals surface area contributed by atoms with E-state index in [1.807, 2.05) is 49.4 Å². The quantitative estimate of drug-likeness (QED) is 0.165. The molecule has 0 bridgehead atoms. The Morgan fingerprint density at radius 2 is 1.79 bits per heavy atom. The second-order valence-electron chi connectivity index (χ2n) is 11.3. The molecule has 1 amide bonds. The van der Waals surface area contributed by atoms with Gasteiger partial charge >= 0.3 is 6.09 Å². The minimum atomic E-state index is -3.69. The first-order valence-electron chi connectivity index (χ1n) is 15.0. The van der Waals surface area contributed by atoms with Gasteiger partial charge in [-0.2, -0.15) is 0 Å². The van der Waals surface area contributed by atoms with Crippen molar-refractivity contribution in [3.05, 3.63) is 102 Å². The number of carboxylic acid groups (broad SMARTS) is 1. The molecule has 1 aliphatic rings. The molecular formula is C34H34N6O6S. The largest absolute Gasteiger partial charge is 0.465 e. The number of methoxy groups -OCH3 is 1. The molecule has 1 aliphatic heterocycles. The molecule has 2 aromatic heterocycles. The number of hydrogen-bond donors (Lipinski definition) is 3. The van der Waals surface area contributed by atoms with Crippen LogP contribution in [0.15, 0.2) is 91.3 Å². The van der Waals surface area contributed by atoms with Crippen LogP contribution in [0, 0.1) is 6.92 Å². The van der Waals surface area contributed by atoms with Gasteiger partial charge in [-0.05, 0) is 48.7 Å². The molecule has 6 rings (SSSR count). The lowest BCUT2D eigenvalue weighted by molar-refractivity contribution is 0.0286. The van der Waals surface area contributed by atoms with Gasteiger partial charge in [0, 0.05) is 42.9 Å². The second-order valence-corrected chi connectivity index (χ2v) is 13.0. The molecule has 1 fully saturated rings. The van der Waals surface area contributed by atoms with Crippen molar-refractivity contribution in [3.8, 4) is 22.9 Å². The molecule has 1 saturated heterocycles. The van der Waals surface area contributed by atoms with E-state index in [1.54, 1.807) is 55.9 Å². The van der Waals surface area contributed by atoms with Crippen molar-refractivity contribution in [1.29, 1.82) is 0 Å². The summed E-state index contributed by atoms with van der Waals surface area (Å²) in [7, 11) is -2.13. The zero-order valence-corrected chi connectivity index (χ0v) is 26.6. The number of nitrogens with zero attached hydrogens (tertiary/aromatic N) is 4.